The first kappa shape index (κ1) is 96.2. The van der Waals surface area contributed by atoms with Gasteiger partial charge in [-0.1, -0.05) is 330 Å². The zero-order valence-corrected chi connectivity index (χ0v) is 65.4. The number of amides is 1. The van der Waals surface area contributed by atoms with Crippen LogP contribution in [0.2, 0.25) is 0 Å². The highest BCUT2D eigenvalue weighted by Crippen LogP contribution is 2.33. The van der Waals surface area contributed by atoms with Crippen molar-refractivity contribution >= 4 is 5.91 Å². The number of carbonyl (C=O) groups is 1. The van der Waals surface area contributed by atoms with E-state index in [0.29, 0.717) is 6.42 Å². The Labute approximate surface area is 635 Å². The lowest BCUT2D eigenvalue weighted by atomic mass is 9.96. The number of nitrogens with one attached hydrogen (secondary N) is 1. The van der Waals surface area contributed by atoms with Gasteiger partial charge in [0.2, 0.25) is 5.91 Å². The zero-order chi connectivity index (χ0) is 76.0. The molecule has 0 radical (unpaired) electrons. The minimum absolute atomic E-state index is 0.241. The van der Waals surface area contributed by atoms with Gasteiger partial charge in [0.05, 0.1) is 38.6 Å². The van der Waals surface area contributed by atoms with Gasteiger partial charge in [-0.25, -0.2) is 0 Å². The van der Waals surface area contributed by atoms with E-state index in [4.69, 9.17) is 28.4 Å². The first-order valence-electron chi connectivity index (χ1n) is 42.3. The van der Waals surface area contributed by atoms with E-state index in [1.807, 2.05) is 6.08 Å². The average Bonchev–Trinajstić information content (AvgIpc) is 0.781. The number of hydrogen-bond acceptors (Lipinski definition) is 18. The first-order valence-corrected chi connectivity index (χ1v) is 42.3. The molecule has 3 heterocycles. The lowest BCUT2D eigenvalue weighted by Gasteiger charge is -2.48. The lowest BCUT2D eigenvalue weighted by molar-refractivity contribution is -0.379. The van der Waals surface area contributed by atoms with Gasteiger partial charge < -0.3 is 89.9 Å². The molecule has 3 fully saturated rings. The monoisotopic (exact) mass is 1490 g/mol. The van der Waals surface area contributed by atoms with Crippen molar-refractivity contribution in [2.45, 2.75) is 426 Å². The average molecular weight is 1490 g/mol. The van der Waals surface area contributed by atoms with Gasteiger partial charge in [-0.2, -0.15) is 0 Å². The molecule has 1 amide bonds. The highest BCUT2D eigenvalue weighted by Gasteiger charge is 2.54. The van der Waals surface area contributed by atoms with Crippen LogP contribution in [-0.2, 0) is 33.2 Å². The van der Waals surface area contributed by atoms with Crippen LogP contribution < -0.4 is 5.32 Å². The largest absolute Gasteiger partial charge is 0.394 e. The van der Waals surface area contributed by atoms with Gasteiger partial charge in [0, 0.05) is 6.42 Å². The molecule has 0 saturated carbocycles. The number of ether oxygens (including phenoxy) is 6. The summed E-state index contributed by atoms with van der Waals surface area (Å²) >= 11 is 0. The number of hydrogen-bond donors (Lipinski definition) is 12. The number of allylic oxidation sites excluding steroid dienone is 13. The molecule has 17 atom stereocenters. The summed E-state index contributed by atoms with van der Waals surface area (Å²) in [6.45, 7) is 1.66. The van der Waals surface area contributed by atoms with Crippen molar-refractivity contribution in [1.29, 1.82) is 0 Å². The predicted octanol–water partition coefficient (Wildman–Crippen LogP) is 15.0. The fraction of sp³-hybridized carbons (Fsp3) is 0.826. The molecule has 0 aromatic rings. The highest BCUT2D eigenvalue weighted by atomic mass is 16.8. The van der Waals surface area contributed by atoms with Crippen molar-refractivity contribution < 1.29 is 89.4 Å². The minimum atomic E-state index is -1.98. The normalized spacial score (nSPS) is 26.2. The molecule has 3 aliphatic rings. The van der Waals surface area contributed by atoms with Crippen molar-refractivity contribution in [2.75, 3.05) is 26.4 Å². The molecule has 0 aliphatic carbocycles. The quantitative estimate of drug-likeness (QED) is 0.0199. The molecule has 3 saturated heterocycles. The minimum Gasteiger partial charge on any atom is -0.394 e. The number of rotatable bonds is 67. The molecule has 0 aromatic carbocycles. The topological polar surface area (TPSA) is 307 Å². The number of aliphatic hydroxyl groups is 11. The molecule has 17 unspecified atom stereocenters. The van der Waals surface area contributed by atoms with Gasteiger partial charge in [0.25, 0.3) is 0 Å². The Morgan fingerprint density at radius 3 is 1.03 bits per heavy atom. The molecule has 3 aliphatic heterocycles. The third-order valence-corrected chi connectivity index (χ3v) is 20.7. The summed E-state index contributed by atoms with van der Waals surface area (Å²) in [6, 6.07) is -0.978. The summed E-state index contributed by atoms with van der Waals surface area (Å²) in [5, 5.41) is 121. The standard InChI is InChI=1S/C86H153NO18/c1-3-5-7-9-11-13-15-17-19-21-23-25-27-29-30-31-32-33-34-35-36-37-38-40-42-44-46-48-50-52-54-56-58-60-62-64-74(92)87-69(70(91)63-61-59-57-55-53-51-49-47-45-43-41-39-28-26-24-22-20-18-16-14-12-10-8-6-4-2)68-100-84-80(98)77(95)82(72(66-89)102-84)105-86-81(99)78(96)83(73(67-90)103-86)104-85-79(97)76(94)75(93)71(65-88)101-85/h5,7,11,13,17,19,23,25,29-30,32-33,61,63,69-73,75-86,88-91,93-99H,3-4,6,8-10,12,14-16,18,20-22,24,26-28,31,34-60,62,64-68H2,1-2H3,(H,87,92)/b7-5-,13-11-,19-17-,25-23-,30-29-,33-32-,63-61+. The van der Waals surface area contributed by atoms with Crippen molar-refractivity contribution in [1.82, 2.24) is 5.32 Å². The third kappa shape index (κ3) is 45.2. The summed E-state index contributed by atoms with van der Waals surface area (Å²) in [6.07, 6.45) is 61.4. The Hall–Kier alpha value is -3.03. The molecule has 0 bridgehead atoms. The lowest BCUT2D eigenvalue weighted by Crippen LogP contribution is -2.66. The second-order valence-corrected chi connectivity index (χ2v) is 29.9. The maximum Gasteiger partial charge on any atom is 0.220 e. The Balaban J connectivity index is 1.35. The summed E-state index contributed by atoms with van der Waals surface area (Å²) in [7, 11) is 0. The van der Waals surface area contributed by atoms with E-state index in [-0.39, 0.29) is 18.9 Å². The Kier molecular flexibility index (Phi) is 60.1. The van der Waals surface area contributed by atoms with Crippen LogP contribution in [0.4, 0.5) is 0 Å². The Morgan fingerprint density at radius 2 is 0.657 bits per heavy atom. The molecule has 3 rings (SSSR count). The Morgan fingerprint density at radius 1 is 0.352 bits per heavy atom. The summed E-state index contributed by atoms with van der Waals surface area (Å²) in [5.41, 5.74) is 0. The smallest absolute Gasteiger partial charge is 0.220 e. The van der Waals surface area contributed by atoms with Gasteiger partial charge in [0.15, 0.2) is 18.9 Å². The fourth-order valence-corrected chi connectivity index (χ4v) is 14.0. The maximum absolute atomic E-state index is 13.5. The van der Waals surface area contributed by atoms with Crippen LogP contribution in [0.5, 0.6) is 0 Å². The van der Waals surface area contributed by atoms with Gasteiger partial charge in [-0.3, -0.25) is 4.79 Å². The van der Waals surface area contributed by atoms with E-state index in [2.05, 4.69) is 92.1 Å². The SMILES string of the molecule is CC/C=C\C/C=C\C/C=C\C/C=C\C/C=C\C/C=C\CCCCCCCCCCCCCCCCCCC(=O)NC(COC1OC(CO)C(OC2OC(CO)C(OC3OC(CO)C(O)C(O)C3O)C(O)C2O)C(O)C1O)C(O)/C=C/CCCCCCCCCCCCCCCCCCCCCCCCC. The molecular weight excluding hydrogens is 1330 g/mol. The second kappa shape index (κ2) is 65.7. The molecule has 12 N–H and O–H groups in total. The molecule has 105 heavy (non-hydrogen) atoms. The fourth-order valence-electron chi connectivity index (χ4n) is 14.0. The van der Waals surface area contributed by atoms with Gasteiger partial charge in [0.1, 0.15) is 73.2 Å². The van der Waals surface area contributed by atoms with Crippen LogP contribution in [0.1, 0.15) is 322 Å². The number of unbranched alkanes of at least 4 members (excludes halogenated alkanes) is 39. The van der Waals surface area contributed by atoms with Crippen molar-refractivity contribution in [3.05, 3.63) is 85.1 Å². The van der Waals surface area contributed by atoms with Crippen LogP contribution in [0.15, 0.2) is 85.1 Å². The zero-order valence-electron chi connectivity index (χ0n) is 65.4. The van der Waals surface area contributed by atoms with Crippen molar-refractivity contribution in [3.8, 4) is 0 Å². The Bertz CT molecular complexity index is 2230. The first-order chi connectivity index (χ1) is 51.3. The van der Waals surface area contributed by atoms with E-state index < -0.39 is 124 Å². The van der Waals surface area contributed by atoms with Gasteiger partial charge in [-0.15, -0.1) is 0 Å². The number of carbonyl (C=O) groups excluding carboxylic acids is 1. The highest BCUT2D eigenvalue weighted by molar-refractivity contribution is 5.76. The van der Waals surface area contributed by atoms with E-state index in [1.165, 1.54) is 212 Å². The summed E-state index contributed by atoms with van der Waals surface area (Å²) < 4.78 is 34.5. The number of aliphatic hydroxyl groups excluding tert-OH is 11. The van der Waals surface area contributed by atoms with Crippen molar-refractivity contribution in [3.63, 3.8) is 0 Å². The van der Waals surface area contributed by atoms with Gasteiger partial charge in [-0.05, 0) is 70.6 Å². The molecule has 19 heteroatoms. The molecule has 19 nitrogen and oxygen atoms in total. The van der Waals surface area contributed by atoms with Gasteiger partial charge >= 0.3 is 0 Å². The van der Waals surface area contributed by atoms with E-state index in [0.717, 1.165) is 83.5 Å². The van der Waals surface area contributed by atoms with Crippen LogP contribution in [0, 0.1) is 0 Å². The second-order valence-electron chi connectivity index (χ2n) is 29.9. The van der Waals surface area contributed by atoms with E-state index in [1.54, 1.807) is 6.08 Å². The van der Waals surface area contributed by atoms with E-state index >= 15 is 0 Å². The predicted molar refractivity (Wildman–Crippen MR) is 420 cm³/mol. The molecule has 0 aromatic heterocycles. The summed E-state index contributed by atoms with van der Waals surface area (Å²) in [4.78, 5) is 13.5. The molecule has 610 valence electrons. The van der Waals surface area contributed by atoms with Crippen LogP contribution in [-0.4, -0.2) is 193 Å². The summed E-state index contributed by atoms with van der Waals surface area (Å²) in [5.74, 6) is -0.273. The molecule has 0 spiro atoms. The van der Waals surface area contributed by atoms with Crippen molar-refractivity contribution in [2.24, 2.45) is 0 Å². The van der Waals surface area contributed by atoms with E-state index in [9.17, 15) is 61.0 Å². The third-order valence-electron chi connectivity index (χ3n) is 20.7. The van der Waals surface area contributed by atoms with Crippen LogP contribution in [0.25, 0.3) is 0 Å². The van der Waals surface area contributed by atoms with Crippen LogP contribution >= 0.6 is 0 Å². The van der Waals surface area contributed by atoms with Crippen LogP contribution in [0.3, 0.4) is 0 Å². The maximum atomic E-state index is 13.5. The molecular formula is C86H153NO18.